The number of hydrogen-bond donors (Lipinski definition) is 1. The molecule has 2 fully saturated rings. The molecule has 31 heavy (non-hydrogen) atoms. The molecule has 3 aromatic heterocycles. The summed E-state index contributed by atoms with van der Waals surface area (Å²) >= 11 is 0. The first kappa shape index (κ1) is 19.8. The molecule has 7 heteroatoms. The number of halogens is 1. The quantitative estimate of drug-likeness (QED) is 0.471. The van der Waals surface area contributed by atoms with Crippen molar-refractivity contribution in [1.29, 1.82) is 0 Å². The van der Waals surface area contributed by atoms with Gasteiger partial charge in [0.15, 0.2) is 0 Å². The van der Waals surface area contributed by atoms with Crippen molar-refractivity contribution < 1.29 is 4.79 Å². The van der Waals surface area contributed by atoms with Crippen LogP contribution in [0.4, 0.5) is 5.69 Å². The van der Waals surface area contributed by atoms with E-state index in [2.05, 4.69) is 21.0 Å². The lowest BCUT2D eigenvalue weighted by molar-refractivity contribution is -0.115. The highest BCUT2D eigenvalue weighted by Gasteiger charge is 2.32. The Morgan fingerprint density at radius 1 is 1.03 bits per heavy atom. The molecule has 0 spiro atoms. The molecule has 0 unspecified atom stereocenters. The van der Waals surface area contributed by atoms with E-state index < -0.39 is 0 Å². The fraction of sp³-hybridized carbons (Fsp3) is 0.292. The van der Waals surface area contributed by atoms with E-state index in [9.17, 15) is 4.79 Å². The van der Waals surface area contributed by atoms with Crippen molar-refractivity contribution in [2.24, 2.45) is 0 Å². The topological polar surface area (TPSA) is 64.2 Å². The Hall–Kier alpha value is -3.12. The SMILES string of the molecule is Cl.O=C(Cc1cn2ccccc2n1)Nc1ccc(-n2nc(C3CC3)cc2C2CC2)cc1. The van der Waals surface area contributed by atoms with Gasteiger partial charge in [-0.2, -0.15) is 5.10 Å². The third-order valence-corrected chi connectivity index (χ3v) is 5.90. The number of aromatic nitrogens is 4. The van der Waals surface area contributed by atoms with Crippen molar-refractivity contribution in [1.82, 2.24) is 19.2 Å². The predicted molar refractivity (Wildman–Crippen MR) is 122 cm³/mol. The molecule has 6 nitrogen and oxygen atoms in total. The fourth-order valence-electron chi connectivity index (χ4n) is 4.00. The molecule has 0 bridgehead atoms. The van der Waals surface area contributed by atoms with Crippen LogP contribution >= 0.6 is 12.4 Å². The normalized spacial score (nSPS) is 15.6. The number of hydrogen-bond acceptors (Lipinski definition) is 3. The minimum Gasteiger partial charge on any atom is -0.326 e. The van der Waals surface area contributed by atoms with Gasteiger partial charge in [-0.25, -0.2) is 9.67 Å². The molecule has 4 aromatic rings. The molecular formula is C24H24ClN5O. The molecule has 1 aromatic carbocycles. The Morgan fingerprint density at radius 3 is 2.52 bits per heavy atom. The highest BCUT2D eigenvalue weighted by Crippen LogP contribution is 2.45. The summed E-state index contributed by atoms with van der Waals surface area (Å²) in [5.74, 6) is 1.23. The number of pyridine rings is 1. The maximum absolute atomic E-state index is 12.5. The second kappa shape index (κ2) is 7.85. The molecule has 0 saturated heterocycles. The van der Waals surface area contributed by atoms with E-state index in [1.54, 1.807) is 0 Å². The van der Waals surface area contributed by atoms with Crippen LogP contribution in [-0.2, 0) is 11.2 Å². The molecular weight excluding hydrogens is 410 g/mol. The van der Waals surface area contributed by atoms with Gasteiger partial charge >= 0.3 is 0 Å². The minimum atomic E-state index is -0.0695. The molecule has 2 aliphatic carbocycles. The number of benzene rings is 1. The summed E-state index contributed by atoms with van der Waals surface area (Å²) in [5, 5.41) is 7.87. The molecule has 1 amide bonds. The molecule has 2 aliphatic rings. The smallest absolute Gasteiger partial charge is 0.230 e. The summed E-state index contributed by atoms with van der Waals surface area (Å²) in [6.45, 7) is 0. The van der Waals surface area contributed by atoms with E-state index in [-0.39, 0.29) is 24.7 Å². The van der Waals surface area contributed by atoms with Crippen LogP contribution in [-0.4, -0.2) is 25.1 Å². The summed E-state index contributed by atoms with van der Waals surface area (Å²) in [6, 6.07) is 16.1. The van der Waals surface area contributed by atoms with Crippen LogP contribution in [0.2, 0.25) is 0 Å². The Bertz CT molecular complexity index is 1200. The van der Waals surface area contributed by atoms with Crippen LogP contribution in [0.1, 0.15) is 54.6 Å². The zero-order valence-electron chi connectivity index (χ0n) is 17.1. The molecule has 1 N–H and O–H groups in total. The number of imidazole rings is 1. The van der Waals surface area contributed by atoms with Crippen molar-refractivity contribution in [3.8, 4) is 5.69 Å². The van der Waals surface area contributed by atoms with Crippen molar-refractivity contribution in [2.45, 2.75) is 43.9 Å². The lowest BCUT2D eigenvalue weighted by Crippen LogP contribution is -2.14. The van der Waals surface area contributed by atoms with Crippen molar-refractivity contribution in [2.75, 3.05) is 5.32 Å². The van der Waals surface area contributed by atoms with Crippen LogP contribution in [0.3, 0.4) is 0 Å². The number of carbonyl (C=O) groups is 1. The highest BCUT2D eigenvalue weighted by atomic mass is 35.5. The van der Waals surface area contributed by atoms with Gasteiger partial charge in [0.05, 0.1) is 23.5 Å². The summed E-state index contributed by atoms with van der Waals surface area (Å²) in [6.07, 6.45) is 9.12. The lowest BCUT2D eigenvalue weighted by atomic mass is 10.2. The summed E-state index contributed by atoms with van der Waals surface area (Å²) in [5.41, 5.74) is 6.02. The number of nitrogens with one attached hydrogen (secondary N) is 1. The molecule has 2 saturated carbocycles. The van der Waals surface area contributed by atoms with Crippen molar-refractivity contribution in [3.63, 3.8) is 0 Å². The Balaban J connectivity index is 0.00000204. The molecule has 3 heterocycles. The first-order chi connectivity index (χ1) is 14.7. The van der Waals surface area contributed by atoms with Gasteiger partial charge in [-0.3, -0.25) is 4.79 Å². The maximum atomic E-state index is 12.5. The zero-order chi connectivity index (χ0) is 20.1. The van der Waals surface area contributed by atoms with Gasteiger partial charge in [-0.1, -0.05) is 6.07 Å². The molecule has 0 radical (unpaired) electrons. The van der Waals surface area contributed by atoms with E-state index in [1.165, 1.54) is 37.1 Å². The number of anilines is 1. The van der Waals surface area contributed by atoms with E-state index >= 15 is 0 Å². The third-order valence-electron chi connectivity index (χ3n) is 5.90. The Morgan fingerprint density at radius 2 is 1.81 bits per heavy atom. The highest BCUT2D eigenvalue weighted by molar-refractivity contribution is 5.92. The summed E-state index contributed by atoms with van der Waals surface area (Å²) in [7, 11) is 0. The van der Waals surface area contributed by atoms with Crippen molar-refractivity contribution >= 4 is 29.6 Å². The predicted octanol–water partition coefficient (Wildman–Crippen LogP) is 4.88. The number of nitrogens with zero attached hydrogens (tertiary/aromatic N) is 4. The van der Waals surface area contributed by atoms with Gasteiger partial charge < -0.3 is 9.72 Å². The van der Waals surface area contributed by atoms with Gasteiger partial charge in [0.25, 0.3) is 0 Å². The minimum absolute atomic E-state index is 0. The second-order valence-electron chi connectivity index (χ2n) is 8.42. The number of amides is 1. The van der Waals surface area contributed by atoms with E-state index in [4.69, 9.17) is 5.10 Å². The van der Waals surface area contributed by atoms with Gasteiger partial charge in [0, 0.05) is 35.6 Å². The van der Waals surface area contributed by atoms with Crippen LogP contribution in [0.5, 0.6) is 0 Å². The maximum Gasteiger partial charge on any atom is 0.230 e. The lowest BCUT2D eigenvalue weighted by Gasteiger charge is -2.09. The number of carbonyl (C=O) groups excluding carboxylic acids is 1. The van der Waals surface area contributed by atoms with Gasteiger partial charge in [0.1, 0.15) is 5.65 Å². The van der Waals surface area contributed by atoms with Crippen molar-refractivity contribution in [3.05, 3.63) is 78.0 Å². The van der Waals surface area contributed by atoms with Crippen LogP contribution < -0.4 is 5.32 Å². The average Bonchev–Trinajstić information content (AvgIpc) is 3.69. The van der Waals surface area contributed by atoms with Crippen LogP contribution in [0, 0.1) is 0 Å². The zero-order valence-corrected chi connectivity index (χ0v) is 17.9. The average molecular weight is 434 g/mol. The standard InChI is InChI=1S/C24H23N5O.ClH/c30-24(13-19-15-28-12-2-1-3-23(28)25-19)26-18-8-10-20(11-9-18)29-22(17-6-7-17)14-21(27-29)16-4-5-16;/h1-3,8-12,14-17H,4-7,13H2,(H,26,30);1H. The van der Waals surface area contributed by atoms with Gasteiger partial charge in [0.2, 0.25) is 5.91 Å². The van der Waals surface area contributed by atoms with E-state index in [1.807, 2.05) is 59.3 Å². The van der Waals surface area contributed by atoms with Crippen LogP contribution in [0.15, 0.2) is 60.9 Å². The largest absolute Gasteiger partial charge is 0.326 e. The molecule has 0 atom stereocenters. The Kier molecular flexibility index (Phi) is 5.02. The van der Waals surface area contributed by atoms with Gasteiger partial charge in [-0.15, -0.1) is 12.4 Å². The molecule has 0 aliphatic heterocycles. The monoisotopic (exact) mass is 433 g/mol. The first-order valence-electron chi connectivity index (χ1n) is 10.7. The summed E-state index contributed by atoms with van der Waals surface area (Å²) in [4.78, 5) is 17.0. The number of fused-ring (bicyclic) bond motifs is 1. The molecule has 158 valence electrons. The summed E-state index contributed by atoms with van der Waals surface area (Å²) < 4.78 is 4.03. The van der Waals surface area contributed by atoms with Crippen LogP contribution in [0.25, 0.3) is 11.3 Å². The van der Waals surface area contributed by atoms with E-state index in [0.717, 1.165) is 22.7 Å². The third kappa shape index (κ3) is 4.08. The second-order valence-corrected chi connectivity index (χ2v) is 8.42. The van der Waals surface area contributed by atoms with Gasteiger partial charge in [-0.05, 0) is 68.1 Å². The first-order valence-corrected chi connectivity index (χ1v) is 10.7. The fourth-order valence-corrected chi connectivity index (χ4v) is 4.00. The Labute approximate surface area is 186 Å². The molecule has 6 rings (SSSR count). The number of rotatable bonds is 6. The van der Waals surface area contributed by atoms with E-state index in [0.29, 0.717) is 11.8 Å².